The monoisotopic (exact) mass is 254 g/mol. The first-order valence-electron chi connectivity index (χ1n) is 5.83. The van der Waals surface area contributed by atoms with Gasteiger partial charge < -0.3 is 5.32 Å². The van der Waals surface area contributed by atoms with Crippen LogP contribution in [0.3, 0.4) is 0 Å². The van der Waals surface area contributed by atoms with Crippen LogP contribution in [0.25, 0.3) is 0 Å². The molecule has 0 aromatic heterocycles. The lowest BCUT2D eigenvalue weighted by atomic mass is 10.1. The van der Waals surface area contributed by atoms with E-state index in [1.807, 2.05) is 0 Å². The van der Waals surface area contributed by atoms with Gasteiger partial charge in [-0.1, -0.05) is 6.92 Å². The molecule has 1 atom stereocenters. The molecule has 1 aliphatic rings. The van der Waals surface area contributed by atoms with Crippen molar-refractivity contribution < 1.29 is 8.42 Å². The van der Waals surface area contributed by atoms with Crippen LogP contribution in [0.15, 0.2) is 29.2 Å². The van der Waals surface area contributed by atoms with E-state index in [4.69, 9.17) is 5.14 Å². The Morgan fingerprint density at radius 2 is 1.94 bits per heavy atom. The predicted molar refractivity (Wildman–Crippen MR) is 68.2 cm³/mol. The Hall–Kier alpha value is -1.07. The van der Waals surface area contributed by atoms with E-state index >= 15 is 0 Å². The number of nitrogens with one attached hydrogen (secondary N) is 1. The summed E-state index contributed by atoms with van der Waals surface area (Å²) in [5, 5.41) is 8.34. The maximum Gasteiger partial charge on any atom is 0.238 e. The second kappa shape index (κ2) is 4.66. The fraction of sp³-hybridized carbons (Fsp3) is 0.500. The summed E-state index contributed by atoms with van der Waals surface area (Å²) in [4.78, 5) is 0.151. The minimum atomic E-state index is -3.58. The predicted octanol–water partition coefficient (Wildman–Crippen LogP) is 1.79. The van der Waals surface area contributed by atoms with E-state index in [1.54, 1.807) is 12.1 Å². The summed E-state index contributed by atoms with van der Waals surface area (Å²) in [6.07, 6.45) is 2.68. The van der Waals surface area contributed by atoms with Crippen molar-refractivity contribution in [2.45, 2.75) is 24.7 Å². The number of primary sulfonamides is 1. The number of sulfonamides is 1. The Labute approximate surface area is 102 Å². The highest BCUT2D eigenvalue weighted by atomic mass is 32.2. The summed E-state index contributed by atoms with van der Waals surface area (Å²) in [5.74, 6) is 1.54. The Morgan fingerprint density at radius 3 is 2.41 bits per heavy atom. The van der Waals surface area contributed by atoms with Crippen molar-refractivity contribution in [3.63, 3.8) is 0 Å². The average molecular weight is 254 g/mol. The molecule has 0 heterocycles. The molecule has 1 aliphatic carbocycles. The molecule has 3 N–H and O–H groups in total. The smallest absolute Gasteiger partial charge is 0.238 e. The van der Waals surface area contributed by atoms with Crippen LogP contribution in [0, 0.1) is 11.8 Å². The molecule has 5 heteroatoms. The number of anilines is 1. The zero-order valence-corrected chi connectivity index (χ0v) is 10.7. The summed E-state index contributed by atoms with van der Waals surface area (Å²) in [6, 6.07) is 6.55. The lowest BCUT2D eigenvalue weighted by Crippen LogP contribution is -2.14. The minimum Gasteiger partial charge on any atom is -0.385 e. The third-order valence-electron chi connectivity index (χ3n) is 3.24. The zero-order chi connectivity index (χ0) is 12.5. The van der Waals surface area contributed by atoms with Gasteiger partial charge in [-0.25, -0.2) is 13.6 Å². The number of rotatable bonds is 5. The Balaban J connectivity index is 1.93. The first-order valence-corrected chi connectivity index (χ1v) is 7.38. The third-order valence-corrected chi connectivity index (χ3v) is 4.17. The van der Waals surface area contributed by atoms with Gasteiger partial charge in [-0.05, 0) is 48.9 Å². The van der Waals surface area contributed by atoms with Gasteiger partial charge in [0.2, 0.25) is 10.0 Å². The average Bonchev–Trinajstić information content (AvgIpc) is 3.09. The van der Waals surface area contributed by atoms with Crippen molar-refractivity contribution in [1.29, 1.82) is 0 Å². The highest BCUT2D eigenvalue weighted by Gasteiger charge is 2.27. The first kappa shape index (κ1) is 12.4. The van der Waals surface area contributed by atoms with Crippen LogP contribution in [0.4, 0.5) is 5.69 Å². The minimum absolute atomic E-state index is 0.151. The van der Waals surface area contributed by atoms with Crippen LogP contribution in [-0.4, -0.2) is 15.0 Å². The Morgan fingerprint density at radius 1 is 1.35 bits per heavy atom. The second-order valence-corrected chi connectivity index (χ2v) is 6.33. The molecule has 0 aliphatic heterocycles. The SMILES string of the molecule is CC(CNc1ccc(S(N)(=O)=O)cc1)C1CC1. The van der Waals surface area contributed by atoms with E-state index in [0.29, 0.717) is 5.92 Å². The summed E-state index contributed by atoms with van der Waals surface area (Å²) >= 11 is 0. The van der Waals surface area contributed by atoms with Gasteiger partial charge in [-0.3, -0.25) is 0 Å². The Kier molecular flexibility index (Phi) is 3.40. The topological polar surface area (TPSA) is 72.2 Å². The van der Waals surface area contributed by atoms with Crippen molar-refractivity contribution in [2.75, 3.05) is 11.9 Å². The van der Waals surface area contributed by atoms with Gasteiger partial charge in [0.25, 0.3) is 0 Å². The number of hydrogen-bond acceptors (Lipinski definition) is 3. The molecule has 0 bridgehead atoms. The van der Waals surface area contributed by atoms with Crippen LogP contribution >= 0.6 is 0 Å². The molecule has 1 aromatic rings. The lowest BCUT2D eigenvalue weighted by molar-refractivity contribution is 0.536. The van der Waals surface area contributed by atoms with Gasteiger partial charge in [-0.2, -0.15) is 0 Å². The summed E-state index contributed by atoms with van der Waals surface area (Å²) in [5.41, 5.74) is 0.935. The van der Waals surface area contributed by atoms with Gasteiger partial charge in [0, 0.05) is 12.2 Å². The molecule has 2 rings (SSSR count). The largest absolute Gasteiger partial charge is 0.385 e. The van der Waals surface area contributed by atoms with Crippen LogP contribution in [0.2, 0.25) is 0 Å². The maximum atomic E-state index is 11.1. The number of hydrogen-bond donors (Lipinski definition) is 2. The molecular weight excluding hydrogens is 236 g/mol. The molecule has 1 unspecified atom stereocenters. The van der Waals surface area contributed by atoms with Gasteiger partial charge in [0.15, 0.2) is 0 Å². The van der Waals surface area contributed by atoms with Crippen molar-refractivity contribution in [3.05, 3.63) is 24.3 Å². The number of nitrogens with two attached hydrogens (primary N) is 1. The molecule has 1 fully saturated rings. The molecule has 1 aromatic carbocycles. The van der Waals surface area contributed by atoms with Crippen molar-refractivity contribution in [1.82, 2.24) is 0 Å². The van der Waals surface area contributed by atoms with Crippen LogP contribution in [0.1, 0.15) is 19.8 Å². The molecule has 0 amide bonds. The summed E-state index contributed by atoms with van der Waals surface area (Å²) in [6.45, 7) is 3.17. The molecule has 0 spiro atoms. The molecular formula is C12H18N2O2S. The first-order chi connectivity index (χ1) is 7.97. The van der Waals surface area contributed by atoms with Crippen LogP contribution in [-0.2, 0) is 10.0 Å². The molecule has 4 nitrogen and oxygen atoms in total. The van der Waals surface area contributed by atoms with Crippen molar-refractivity contribution in [2.24, 2.45) is 17.0 Å². The van der Waals surface area contributed by atoms with Gasteiger partial charge in [0.1, 0.15) is 0 Å². The Bertz CT molecular complexity index is 478. The van der Waals surface area contributed by atoms with E-state index in [0.717, 1.165) is 18.2 Å². The normalized spacial score (nSPS) is 17.8. The quantitative estimate of drug-likeness (QED) is 0.841. The number of benzene rings is 1. The molecule has 0 radical (unpaired) electrons. The van der Waals surface area contributed by atoms with Crippen molar-refractivity contribution in [3.8, 4) is 0 Å². The van der Waals surface area contributed by atoms with E-state index in [2.05, 4.69) is 12.2 Å². The van der Waals surface area contributed by atoms with Crippen LogP contribution in [0.5, 0.6) is 0 Å². The summed E-state index contributed by atoms with van der Waals surface area (Å²) in [7, 11) is -3.58. The van der Waals surface area contributed by atoms with E-state index in [1.165, 1.54) is 25.0 Å². The van der Waals surface area contributed by atoms with E-state index in [9.17, 15) is 8.42 Å². The molecule has 1 saturated carbocycles. The zero-order valence-electron chi connectivity index (χ0n) is 9.89. The van der Waals surface area contributed by atoms with Crippen molar-refractivity contribution >= 4 is 15.7 Å². The third kappa shape index (κ3) is 3.44. The van der Waals surface area contributed by atoms with E-state index < -0.39 is 10.0 Å². The van der Waals surface area contributed by atoms with Crippen LogP contribution < -0.4 is 10.5 Å². The fourth-order valence-corrected chi connectivity index (χ4v) is 2.39. The van der Waals surface area contributed by atoms with E-state index in [-0.39, 0.29) is 4.90 Å². The molecule has 0 saturated heterocycles. The van der Waals surface area contributed by atoms with Gasteiger partial charge >= 0.3 is 0 Å². The second-order valence-electron chi connectivity index (χ2n) is 4.77. The molecule has 17 heavy (non-hydrogen) atoms. The lowest BCUT2D eigenvalue weighted by Gasteiger charge is -2.12. The van der Waals surface area contributed by atoms with Gasteiger partial charge in [0.05, 0.1) is 4.90 Å². The fourth-order valence-electron chi connectivity index (χ4n) is 1.87. The highest BCUT2D eigenvalue weighted by Crippen LogP contribution is 2.36. The highest BCUT2D eigenvalue weighted by molar-refractivity contribution is 7.89. The summed E-state index contributed by atoms with van der Waals surface area (Å²) < 4.78 is 22.1. The maximum absolute atomic E-state index is 11.1. The van der Waals surface area contributed by atoms with Gasteiger partial charge in [-0.15, -0.1) is 0 Å². The standard InChI is InChI=1S/C12H18N2O2S/c1-9(10-2-3-10)8-14-11-4-6-12(7-5-11)17(13,15)16/h4-7,9-10,14H,2-3,8H2,1H3,(H2,13,15,16). The molecule has 94 valence electrons.